The maximum Gasteiger partial charge on any atom is 0.178 e. The van der Waals surface area contributed by atoms with E-state index in [4.69, 9.17) is 4.98 Å². The van der Waals surface area contributed by atoms with Crippen LogP contribution in [0.1, 0.15) is 16.6 Å². The maximum atomic E-state index is 11.7. The van der Waals surface area contributed by atoms with Crippen LogP contribution in [0, 0.1) is 0 Å². The summed E-state index contributed by atoms with van der Waals surface area (Å²) in [6, 6.07) is 15.9. The minimum Gasteiger partial charge on any atom is -0.335 e. The van der Waals surface area contributed by atoms with Gasteiger partial charge in [-0.15, -0.1) is 11.3 Å². The van der Waals surface area contributed by atoms with E-state index in [0.717, 1.165) is 48.6 Å². The van der Waals surface area contributed by atoms with E-state index in [0.29, 0.717) is 11.5 Å². The van der Waals surface area contributed by atoms with E-state index in [1.807, 2.05) is 36.4 Å². The molecule has 0 fully saturated rings. The molecule has 32 heavy (non-hydrogen) atoms. The van der Waals surface area contributed by atoms with Crippen LogP contribution in [0.25, 0.3) is 55.2 Å². The van der Waals surface area contributed by atoms with Gasteiger partial charge in [-0.2, -0.15) is 5.10 Å². The van der Waals surface area contributed by atoms with E-state index in [1.165, 1.54) is 11.3 Å². The summed E-state index contributed by atoms with van der Waals surface area (Å²) < 4.78 is 0. The van der Waals surface area contributed by atoms with Gasteiger partial charge in [0, 0.05) is 34.4 Å². The first-order chi connectivity index (χ1) is 15.7. The van der Waals surface area contributed by atoms with Crippen molar-refractivity contribution in [2.45, 2.75) is 6.92 Å². The van der Waals surface area contributed by atoms with Crippen LogP contribution in [0.5, 0.6) is 0 Å². The van der Waals surface area contributed by atoms with Gasteiger partial charge in [0.1, 0.15) is 5.69 Å². The van der Waals surface area contributed by atoms with Crippen molar-refractivity contribution in [3.8, 4) is 33.1 Å². The summed E-state index contributed by atoms with van der Waals surface area (Å²) in [4.78, 5) is 30.1. The normalized spacial score (nSPS) is 11.4. The van der Waals surface area contributed by atoms with Crippen LogP contribution >= 0.6 is 11.3 Å². The van der Waals surface area contributed by atoms with Gasteiger partial charge in [0.25, 0.3) is 0 Å². The highest BCUT2D eigenvalue weighted by Gasteiger charge is 2.17. The van der Waals surface area contributed by atoms with Crippen LogP contribution in [0.15, 0.2) is 67.1 Å². The monoisotopic (exact) mass is 436 g/mol. The molecule has 5 aromatic heterocycles. The molecule has 0 radical (unpaired) electrons. The Kier molecular flexibility index (Phi) is 4.19. The zero-order chi connectivity index (χ0) is 21.7. The van der Waals surface area contributed by atoms with Crippen molar-refractivity contribution >= 4 is 39.2 Å². The van der Waals surface area contributed by atoms with Gasteiger partial charge in [-0.05, 0) is 60.5 Å². The Hall–Kier alpha value is -4.17. The molecule has 0 bridgehead atoms. The number of aromatic amines is 2. The third-order valence-corrected chi connectivity index (χ3v) is 6.63. The minimum atomic E-state index is 0.0600. The lowest BCUT2D eigenvalue weighted by molar-refractivity contribution is 0.102. The van der Waals surface area contributed by atoms with Gasteiger partial charge >= 0.3 is 0 Å². The topological polar surface area (TPSA) is 100 Å². The van der Waals surface area contributed by atoms with Crippen LogP contribution in [0.2, 0.25) is 0 Å². The first kappa shape index (κ1) is 18.6. The SMILES string of the molecule is CC(=O)c1ccc(-c2ccnc3nc(-c4n[nH]c5ccc(-c6ccncc6)cc45)[nH]c23)s1. The molecule has 0 saturated carbocycles. The lowest BCUT2D eigenvalue weighted by Gasteiger charge is -2.01. The van der Waals surface area contributed by atoms with Crippen LogP contribution in [0.4, 0.5) is 0 Å². The van der Waals surface area contributed by atoms with E-state index >= 15 is 0 Å². The summed E-state index contributed by atoms with van der Waals surface area (Å²) in [5.74, 6) is 0.700. The summed E-state index contributed by atoms with van der Waals surface area (Å²) in [6.45, 7) is 1.58. The van der Waals surface area contributed by atoms with Crippen molar-refractivity contribution in [3.05, 3.63) is 72.0 Å². The summed E-state index contributed by atoms with van der Waals surface area (Å²) in [6.07, 6.45) is 5.30. The first-order valence-corrected chi connectivity index (χ1v) is 10.8. The van der Waals surface area contributed by atoms with E-state index in [1.54, 1.807) is 25.5 Å². The van der Waals surface area contributed by atoms with Crippen molar-refractivity contribution in [1.29, 1.82) is 0 Å². The number of Topliss-reactive ketones (excluding diaryl/α,β-unsaturated/α-hetero) is 1. The molecule has 0 aliphatic carbocycles. The number of benzene rings is 1. The van der Waals surface area contributed by atoms with Gasteiger partial charge in [-0.1, -0.05) is 6.07 Å². The first-order valence-electron chi connectivity index (χ1n) is 10.0. The fourth-order valence-corrected chi connectivity index (χ4v) is 4.75. The summed E-state index contributed by atoms with van der Waals surface area (Å²) in [7, 11) is 0. The molecule has 7 nitrogen and oxygen atoms in total. The molecule has 6 rings (SSSR count). The number of carbonyl (C=O) groups is 1. The average Bonchev–Trinajstić information content (AvgIpc) is 3.56. The maximum absolute atomic E-state index is 11.7. The zero-order valence-corrected chi connectivity index (χ0v) is 17.8. The van der Waals surface area contributed by atoms with Gasteiger partial charge in [-0.25, -0.2) is 9.97 Å². The highest BCUT2D eigenvalue weighted by Crippen LogP contribution is 2.35. The molecule has 0 amide bonds. The fraction of sp³-hybridized carbons (Fsp3) is 0.0417. The van der Waals surface area contributed by atoms with E-state index in [-0.39, 0.29) is 5.78 Å². The Labute approximate surface area is 186 Å². The number of carbonyl (C=O) groups excluding carboxylic acids is 1. The Morgan fingerprint density at radius 1 is 0.969 bits per heavy atom. The number of ketones is 1. The van der Waals surface area contributed by atoms with Crippen molar-refractivity contribution in [2.75, 3.05) is 0 Å². The Morgan fingerprint density at radius 3 is 2.66 bits per heavy atom. The van der Waals surface area contributed by atoms with E-state index < -0.39 is 0 Å². The second-order valence-electron chi connectivity index (χ2n) is 7.43. The van der Waals surface area contributed by atoms with E-state index in [9.17, 15) is 4.79 Å². The molecule has 0 atom stereocenters. The van der Waals surface area contributed by atoms with Crippen LogP contribution in [0.3, 0.4) is 0 Å². The van der Waals surface area contributed by atoms with Gasteiger partial charge in [0.05, 0.1) is 15.9 Å². The minimum absolute atomic E-state index is 0.0600. The number of fused-ring (bicyclic) bond motifs is 2. The lowest BCUT2D eigenvalue weighted by Crippen LogP contribution is -1.83. The number of aromatic nitrogens is 6. The van der Waals surface area contributed by atoms with Gasteiger partial charge in [0.2, 0.25) is 0 Å². The van der Waals surface area contributed by atoms with Crippen LogP contribution < -0.4 is 0 Å². The predicted octanol–water partition coefficient (Wildman–Crippen LogP) is 5.49. The van der Waals surface area contributed by atoms with Gasteiger partial charge in [0.15, 0.2) is 17.3 Å². The summed E-state index contributed by atoms with van der Waals surface area (Å²) >= 11 is 1.47. The third kappa shape index (κ3) is 3.00. The molecule has 0 aliphatic heterocycles. The van der Waals surface area contributed by atoms with Crippen molar-refractivity contribution in [3.63, 3.8) is 0 Å². The number of H-pyrrole nitrogens is 2. The molecular formula is C24H16N6OS. The Morgan fingerprint density at radius 2 is 1.84 bits per heavy atom. The largest absolute Gasteiger partial charge is 0.335 e. The molecule has 0 unspecified atom stereocenters. The zero-order valence-electron chi connectivity index (χ0n) is 17.0. The highest BCUT2D eigenvalue weighted by molar-refractivity contribution is 7.17. The molecule has 1 aromatic carbocycles. The van der Waals surface area contributed by atoms with Crippen LogP contribution in [-0.2, 0) is 0 Å². The molecule has 154 valence electrons. The Bertz CT molecular complexity index is 1610. The number of pyridine rings is 2. The number of rotatable bonds is 4. The smallest absolute Gasteiger partial charge is 0.178 e. The van der Waals surface area contributed by atoms with Crippen molar-refractivity contribution in [2.24, 2.45) is 0 Å². The number of thiophene rings is 1. The predicted molar refractivity (Wildman–Crippen MR) is 126 cm³/mol. The number of hydrogen-bond acceptors (Lipinski definition) is 6. The van der Waals surface area contributed by atoms with Gasteiger partial charge < -0.3 is 4.98 Å². The molecule has 8 heteroatoms. The molecule has 2 N–H and O–H groups in total. The molecule has 0 saturated heterocycles. The molecule has 0 aliphatic rings. The highest BCUT2D eigenvalue weighted by atomic mass is 32.1. The summed E-state index contributed by atoms with van der Waals surface area (Å²) in [5, 5.41) is 8.59. The standard InChI is InChI=1S/C24H16N6OS/c1-13(31)19-4-5-20(32-19)16-8-11-26-23-21(16)27-24(28-23)22-17-12-15(2-3-18(17)29-30-22)14-6-9-25-10-7-14/h2-12H,1H3,(H,29,30)(H,26,27,28). The van der Waals surface area contributed by atoms with Crippen molar-refractivity contribution < 1.29 is 4.79 Å². The summed E-state index contributed by atoms with van der Waals surface area (Å²) in [5.41, 5.74) is 6.21. The Balaban J connectivity index is 1.49. The number of imidazole rings is 1. The molecule has 0 spiro atoms. The second-order valence-corrected chi connectivity index (χ2v) is 8.51. The van der Waals surface area contributed by atoms with Crippen LogP contribution in [-0.4, -0.2) is 35.9 Å². The number of nitrogens with zero attached hydrogens (tertiary/aromatic N) is 4. The lowest BCUT2D eigenvalue weighted by atomic mass is 10.0. The average molecular weight is 437 g/mol. The second kappa shape index (κ2) is 7.21. The quantitative estimate of drug-likeness (QED) is 0.356. The molecule has 5 heterocycles. The molecule has 6 aromatic rings. The number of nitrogens with one attached hydrogen (secondary N) is 2. The van der Waals surface area contributed by atoms with E-state index in [2.05, 4.69) is 37.3 Å². The molecular weight excluding hydrogens is 420 g/mol. The van der Waals surface area contributed by atoms with Crippen molar-refractivity contribution in [1.82, 2.24) is 30.1 Å². The third-order valence-electron chi connectivity index (χ3n) is 5.41. The number of hydrogen-bond donors (Lipinski definition) is 2. The fourth-order valence-electron chi connectivity index (χ4n) is 3.82. The van der Waals surface area contributed by atoms with Gasteiger partial charge in [-0.3, -0.25) is 14.9 Å².